The van der Waals surface area contributed by atoms with E-state index in [-0.39, 0.29) is 6.10 Å². The molecule has 2 heterocycles. The normalized spacial score (nSPS) is 21.7. The summed E-state index contributed by atoms with van der Waals surface area (Å²) in [6.45, 7) is 4.69. The molecule has 4 heteroatoms. The van der Waals surface area contributed by atoms with Crippen molar-refractivity contribution in [2.45, 2.75) is 18.9 Å². The fourth-order valence-corrected chi connectivity index (χ4v) is 2.08. The van der Waals surface area contributed by atoms with Crippen LogP contribution in [0.1, 0.15) is 12.5 Å². The van der Waals surface area contributed by atoms with E-state index in [9.17, 15) is 0 Å². The monoisotopic (exact) mass is 226 g/mol. The first kappa shape index (κ1) is 10.7. The number of hydrogen-bond donors (Lipinski definition) is 0. The molecule has 1 unspecified atom stereocenters. The van der Waals surface area contributed by atoms with Crippen LogP contribution in [0.5, 0.6) is 0 Å². The first-order valence-electron chi connectivity index (χ1n) is 5.16. The molecule has 0 amide bonds. The van der Waals surface area contributed by atoms with Gasteiger partial charge in [0.05, 0.1) is 24.6 Å². The molecule has 3 nitrogen and oxygen atoms in total. The van der Waals surface area contributed by atoms with Gasteiger partial charge in [-0.2, -0.15) is 0 Å². The van der Waals surface area contributed by atoms with E-state index >= 15 is 0 Å². The van der Waals surface area contributed by atoms with Crippen molar-refractivity contribution in [3.8, 4) is 0 Å². The number of alkyl halides is 1. The lowest BCUT2D eigenvalue weighted by molar-refractivity contribution is 0.0531. The fourth-order valence-electron chi connectivity index (χ4n) is 1.85. The van der Waals surface area contributed by atoms with Crippen molar-refractivity contribution < 1.29 is 4.74 Å². The van der Waals surface area contributed by atoms with Gasteiger partial charge in [-0.3, -0.25) is 4.98 Å². The summed E-state index contributed by atoms with van der Waals surface area (Å²) in [5, 5.41) is 0. The highest BCUT2D eigenvalue weighted by atomic mass is 35.5. The third-order valence-electron chi connectivity index (χ3n) is 2.61. The Kier molecular flexibility index (Phi) is 3.44. The van der Waals surface area contributed by atoms with Crippen LogP contribution in [-0.4, -0.2) is 30.8 Å². The predicted octanol–water partition coefficient (Wildman–Crippen LogP) is 2.05. The van der Waals surface area contributed by atoms with Crippen LogP contribution < -0.4 is 4.90 Å². The molecular formula is C11H15ClN2O. The maximum atomic E-state index is 5.90. The molecule has 0 aromatic carbocycles. The average molecular weight is 227 g/mol. The summed E-state index contributed by atoms with van der Waals surface area (Å²) < 4.78 is 5.51. The second-order valence-corrected chi connectivity index (χ2v) is 4.03. The Labute approximate surface area is 95.0 Å². The highest BCUT2D eigenvalue weighted by Crippen LogP contribution is 2.22. The summed E-state index contributed by atoms with van der Waals surface area (Å²) in [5.74, 6) is 0.531. The SMILES string of the molecule is CC1CN(c2cnccc2CCl)CCO1. The van der Waals surface area contributed by atoms with Gasteiger partial charge in [-0.1, -0.05) is 0 Å². The van der Waals surface area contributed by atoms with Crippen LogP contribution in [0.4, 0.5) is 5.69 Å². The van der Waals surface area contributed by atoms with Gasteiger partial charge < -0.3 is 9.64 Å². The Hall–Kier alpha value is -0.800. The van der Waals surface area contributed by atoms with E-state index in [2.05, 4.69) is 16.8 Å². The number of hydrogen-bond acceptors (Lipinski definition) is 3. The van der Waals surface area contributed by atoms with Crippen molar-refractivity contribution in [3.05, 3.63) is 24.0 Å². The molecule has 1 saturated heterocycles. The maximum absolute atomic E-state index is 5.90. The van der Waals surface area contributed by atoms with Crippen LogP contribution >= 0.6 is 11.6 Å². The van der Waals surface area contributed by atoms with Crippen molar-refractivity contribution in [1.29, 1.82) is 0 Å². The zero-order valence-corrected chi connectivity index (χ0v) is 9.57. The molecular weight excluding hydrogens is 212 g/mol. The van der Waals surface area contributed by atoms with Crippen LogP contribution in [0.2, 0.25) is 0 Å². The number of anilines is 1. The van der Waals surface area contributed by atoms with Crippen LogP contribution in [0.15, 0.2) is 18.5 Å². The molecule has 1 aliphatic rings. The standard InChI is InChI=1S/C11H15ClN2O/c1-9-8-14(4-5-15-9)11-7-13-3-2-10(11)6-12/h2-3,7,9H,4-6,8H2,1H3. The number of nitrogens with zero attached hydrogens (tertiary/aromatic N) is 2. The van der Waals surface area contributed by atoms with E-state index in [0.717, 1.165) is 30.9 Å². The second kappa shape index (κ2) is 4.81. The lowest BCUT2D eigenvalue weighted by Gasteiger charge is -2.33. The molecule has 0 N–H and O–H groups in total. The maximum Gasteiger partial charge on any atom is 0.0722 e. The van der Waals surface area contributed by atoms with E-state index < -0.39 is 0 Å². The molecule has 1 aliphatic heterocycles. The average Bonchev–Trinajstić information content (AvgIpc) is 2.29. The molecule has 0 spiro atoms. The second-order valence-electron chi connectivity index (χ2n) is 3.77. The van der Waals surface area contributed by atoms with E-state index in [1.54, 1.807) is 6.20 Å². The fraction of sp³-hybridized carbons (Fsp3) is 0.545. The van der Waals surface area contributed by atoms with Crippen LogP contribution in [0, 0.1) is 0 Å². The van der Waals surface area contributed by atoms with Gasteiger partial charge in [0.15, 0.2) is 0 Å². The van der Waals surface area contributed by atoms with E-state index in [1.807, 2.05) is 12.3 Å². The zero-order chi connectivity index (χ0) is 10.7. The van der Waals surface area contributed by atoms with E-state index in [1.165, 1.54) is 0 Å². The van der Waals surface area contributed by atoms with Crippen molar-refractivity contribution in [3.63, 3.8) is 0 Å². The zero-order valence-electron chi connectivity index (χ0n) is 8.82. The Morgan fingerprint density at radius 2 is 2.53 bits per heavy atom. The molecule has 0 aliphatic carbocycles. The van der Waals surface area contributed by atoms with E-state index in [4.69, 9.17) is 16.3 Å². The molecule has 0 saturated carbocycles. The Morgan fingerprint density at radius 1 is 1.67 bits per heavy atom. The third-order valence-corrected chi connectivity index (χ3v) is 2.90. The minimum atomic E-state index is 0.280. The predicted molar refractivity (Wildman–Crippen MR) is 61.4 cm³/mol. The van der Waals surface area contributed by atoms with Gasteiger partial charge in [-0.15, -0.1) is 11.6 Å². The van der Waals surface area contributed by atoms with Gasteiger partial charge in [-0.25, -0.2) is 0 Å². The number of ether oxygens (including phenoxy) is 1. The lowest BCUT2D eigenvalue weighted by Crippen LogP contribution is -2.41. The molecule has 1 atom stereocenters. The summed E-state index contributed by atoms with van der Waals surface area (Å²) in [6, 6.07) is 1.97. The summed E-state index contributed by atoms with van der Waals surface area (Å²) in [4.78, 5) is 6.44. The molecule has 15 heavy (non-hydrogen) atoms. The molecule has 1 aromatic rings. The quantitative estimate of drug-likeness (QED) is 0.722. The number of halogens is 1. The summed E-state index contributed by atoms with van der Waals surface area (Å²) in [6.07, 6.45) is 3.95. The molecule has 82 valence electrons. The van der Waals surface area contributed by atoms with Crippen LogP contribution in [-0.2, 0) is 10.6 Å². The molecule has 0 bridgehead atoms. The van der Waals surface area contributed by atoms with E-state index in [0.29, 0.717) is 5.88 Å². The molecule has 1 aromatic heterocycles. The van der Waals surface area contributed by atoms with Crippen molar-refractivity contribution >= 4 is 17.3 Å². The highest BCUT2D eigenvalue weighted by molar-refractivity contribution is 6.17. The van der Waals surface area contributed by atoms with Gasteiger partial charge in [-0.05, 0) is 18.6 Å². The summed E-state index contributed by atoms with van der Waals surface area (Å²) in [7, 11) is 0. The van der Waals surface area contributed by atoms with Gasteiger partial charge in [0, 0.05) is 25.2 Å². The molecule has 0 radical (unpaired) electrons. The lowest BCUT2D eigenvalue weighted by atomic mass is 10.2. The Bertz CT molecular complexity index is 332. The van der Waals surface area contributed by atoms with Gasteiger partial charge in [0.25, 0.3) is 0 Å². The van der Waals surface area contributed by atoms with Gasteiger partial charge >= 0.3 is 0 Å². The van der Waals surface area contributed by atoms with Crippen molar-refractivity contribution in [2.24, 2.45) is 0 Å². The minimum Gasteiger partial charge on any atom is -0.375 e. The van der Waals surface area contributed by atoms with Crippen LogP contribution in [0.25, 0.3) is 0 Å². The Morgan fingerprint density at radius 3 is 3.27 bits per heavy atom. The number of pyridine rings is 1. The largest absolute Gasteiger partial charge is 0.375 e. The summed E-state index contributed by atoms with van der Waals surface area (Å²) >= 11 is 5.90. The highest BCUT2D eigenvalue weighted by Gasteiger charge is 2.18. The van der Waals surface area contributed by atoms with Crippen molar-refractivity contribution in [1.82, 2.24) is 4.98 Å². The van der Waals surface area contributed by atoms with Crippen LogP contribution in [0.3, 0.4) is 0 Å². The van der Waals surface area contributed by atoms with Gasteiger partial charge in [0.1, 0.15) is 0 Å². The smallest absolute Gasteiger partial charge is 0.0722 e. The minimum absolute atomic E-state index is 0.280. The Balaban J connectivity index is 2.20. The number of morpholine rings is 1. The first-order chi connectivity index (χ1) is 7.31. The molecule has 2 rings (SSSR count). The van der Waals surface area contributed by atoms with Gasteiger partial charge in [0.2, 0.25) is 0 Å². The molecule has 1 fully saturated rings. The number of aromatic nitrogens is 1. The first-order valence-corrected chi connectivity index (χ1v) is 5.70. The third kappa shape index (κ3) is 2.41. The topological polar surface area (TPSA) is 25.4 Å². The summed E-state index contributed by atoms with van der Waals surface area (Å²) in [5.41, 5.74) is 2.28. The number of rotatable bonds is 2. The van der Waals surface area contributed by atoms with Crippen molar-refractivity contribution in [2.75, 3.05) is 24.6 Å².